The molecule has 0 aliphatic rings. The Kier molecular flexibility index (Phi) is 4.03. The summed E-state index contributed by atoms with van der Waals surface area (Å²) in [5, 5.41) is 0. The second-order valence-electron chi connectivity index (χ2n) is 3.23. The summed E-state index contributed by atoms with van der Waals surface area (Å²) in [6, 6.07) is 3.71. The van der Waals surface area contributed by atoms with Gasteiger partial charge < -0.3 is 5.73 Å². The van der Waals surface area contributed by atoms with Gasteiger partial charge in [-0.1, -0.05) is 15.9 Å². The van der Waals surface area contributed by atoms with E-state index in [1.807, 2.05) is 0 Å². The number of benzene rings is 1. The lowest BCUT2D eigenvalue weighted by atomic mass is 10.2. The van der Waals surface area contributed by atoms with Crippen LogP contribution in [0.15, 0.2) is 22.7 Å². The van der Waals surface area contributed by atoms with Crippen molar-refractivity contribution in [3.63, 3.8) is 0 Å². The summed E-state index contributed by atoms with van der Waals surface area (Å²) in [5.41, 5.74) is 5.06. The molecule has 0 aromatic heterocycles. The lowest BCUT2D eigenvalue weighted by molar-refractivity contribution is -0.115. The van der Waals surface area contributed by atoms with Gasteiger partial charge in [-0.25, -0.2) is 12.8 Å². The number of hydrogen-bond donors (Lipinski definition) is 1. The van der Waals surface area contributed by atoms with E-state index in [1.165, 1.54) is 12.1 Å². The van der Waals surface area contributed by atoms with E-state index < -0.39 is 33.1 Å². The summed E-state index contributed by atoms with van der Waals surface area (Å²) >= 11 is 3.10. The van der Waals surface area contributed by atoms with Crippen LogP contribution in [0.2, 0.25) is 0 Å². The molecule has 0 radical (unpaired) electrons. The van der Waals surface area contributed by atoms with Gasteiger partial charge in [0.05, 0.1) is 5.75 Å². The zero-order valence-corrected chi connectivity index (χ0v) is 10.5. The molecule has 0 unspecified atom stereocenters. The second-order valence-corrected chi connectivity index (χ2v) is 6.15. The fourth-order valence-corrected chi connectivity index (χ4v) is 2.98. The Hall–Kier alpha value is -0.950. The summed E-state index contributed by atoms with van der Waals surface area (Å²) in [7, 11) is -3.64. The van der Waals surface area contributed by atoms with Crippen molar-refractivity contribution in [2.45, 2.75) is 5.75 Å². The summed E-state index contributed by atoms with van der Waals surface area (Å²) in [6.07, 6.45) is 0. The van der Waals surface area contributed by atoms with Crippen molar-refractivity contribution in [3.05, 3.63) is 34.1 Å². The largest absolute Gasteiger partial charge is 0.369 e. The highest BCUT2D eigenvalue weighted by molar-refractivity contribution is 9.10. The standard InChI is InChI=1S/C9H9BrFNO3S/c10-8-2-1-7(11)3-6(8)4-16(14,15)5-9(12)13/h1-3H,4-5H2,(H2,12,13). The van der Waals surface area contributed by atoms with Crippen LogP contribution in [0.3, 0.4) is 0 Å². The van der Waals surface area contributed by atoms with Crippen LogP contribution in [0.1, 0.15) is 5.56 Å². The molecule has 0 bridgehead atoms. The van der Waals surface area contributed by atoms with Gasteiger partial charge in [0.25, 0.3) is 0 Å². The van der Waals surface area contributed by atoms with Gasteiger partial charge in [-0.3, -0.25) is 4.79 Å². The molecule has 0 atom stereocenters. The molecule has 1 amide bonds. The van der Waals surface area contributed by atoms with Gasteiger partial charge in [-0.05, 0) is 23.8 Å². The van der Waals surface area contributed by atoms with Gasteiger partial charge in [-0.2, -0.15) is 0 Å². The predicted octanol–water partition coefficient (Wildman–Crippen LogP) is 0.988. The number of sulfone groups is 1. The van der Waals surface area contributed by atoms with Crippen molar-refractivity contribution in [1.29, 1.82) is 0 Å². The molecule has 0 heterocycles. The van der Waals surface area contributed by atoms with E-state index in [0.717, 1.165) is 6.07 Å². The van der Waals surface area contributed by atoms with Gasteiger partial charge in [0.15, 0.2) is 9.84 Å². The molecule has 0 saturated heterocycles. The summed E-state index contributed by atoms with van der Waals surface area (Å²) < 4.78 is 36.2. The molecular formula is C9H9BrFNO3S. The maximum Gasteiger partial charge on any atom is 0.232 e. The van der Waals surface area contributed by atoms with Crippen LogP contribution in [0.25, 0.3) is 0 Å². The van der Waals surface area contributed by atoms with Crippen LogP contribution in [-0.2, 0) is 20.4 Å². The quantitative estimate of drug-likeness (QED) is 0.901. The number of primary amides is 1. The Bertz CT molecular complexity index is 515. The van der Waals surface area contributed by atoms with E-state index in [2.05, 4.69) is 15.9 Å². The van der Waals surface area contributed by atoms with E-state index in [0.29, 0.717) is 4.47 Å². The van der Waals surface area contributed by atoms with Crippen LogP contribution >= 0.6 is 15.9 Å². The molecule has 16 heavy (non-hydrogen) atoms. The van der Waals surface area contributed by atoms with Crippen molar-refractivity contribution >= 4 is 31.7 Å². The van der Waals surface area contributed by atoms with Crippen molar-refractivity contribution in [1.82, 2.24) is 0 Å². The first-order chi connectivity index (χ1) is 7.30. The predicted molar refractivity (Wildman–Crippen MR) is 60.8 cm³/mol. The summed E-state index contributed by atoms with van der Waals surface area (Å²) in [4.78, 5) is 10.5. The minimum Gasteiger partial charge on any atom is -0.369 e. The van der Waals surface area contributed by atoms with Gasteiger partial charge >= 0.3 is 0 Å². The third-order valence-corrected chi connectivity index (χ3v) is 3.99. The number of halogens is 2. The first-order valence-corrected chi connectivity index (χ1v) is 6.84. The van der Waals surface area contributed by atoms with Crippen LogP contribution in [0.5, 0.6) is 0 Å². The van der Waals surface area contributed by atoms with Crippen molar-refractivity contribution < 1.29 is 17.6 Å². The van der Waals surface area contributed by atoms with Crippen molar-refractivity contribution in [2.24, 2.45) is 5.73 Å². The zero-order chi connectivity index (χ0) is 12.3. The molecule has 0 spiro atoms. The molecule has 2 N–H and O–H groups in total. The molecule has 1 aromatic carbocycles. The van der Waals surface area contributed by atoms with Gasteiger partial charge in [0.1, 0.15) is 11.6 Å². The Labute approximate surface area is 101 Å². The number of rotatable bonds is 4. The molecule has 7 heteroatoms. The smallest absolute Gasteiger partial charge is 0.232 e. The third kappa shape index (κ3) is 3.90. The van der Waals surface area contributed by atoms with Gasteiger partial charge in [0, 0.05) is 4.47 Å². The maximum atomic E-state index is 12.9. The number of hydrogen-bond acceptors (Lipinski definition) is 3. The molecule has 0 aliphatic heterocycles. The average Bonchev–Trinajstić information content (AvgIpc) is 2.08. The minimum atomic E-state index is -3.64. The number of carbonyl (C=O) groups excluding carboxylic acids is 1. The lowest BCUT2D eigenvalue weighted by Gasteiger charge is -2.05. The number of nitrogens with two attached hydrogens (primary N) is 1. The Morgan fingerprint density at radius 2 is 2.06 bits per heavy atom. The average molecular weight is 310 g/mol. The van der Waals surface area contributed by atoms with E-state index in [1.54, 1.807) is 0 Å². The molecule has 88 valence electrons. The number of carbonyl (C=O) groups is 1. The third-order valence-electron chi connectivity index (χ3n) is 1.75. The molecule has 0 fully saturated rings. The van der Waals surface area contributed by atoms with Crippen LogP contribution in [0.4, 0.5) is 4.39 Å². The molecular weight excluding hydrogens is 301 g/mol. The number of amides is 1. The topological polar surface area (TPSA) is 77.2 Å². The highest BCUT2D eigenvalue weighted by Gasteiger charge is 2.17. The lowest BCUT2D eigenvalue weighted by Crippen LogP contribution is -2.24. The SMILES string of the molecule is NC(=O)CS(=O)(=O)Cc1cc(F)ccc1Br. The van der Waals surface area contributed by atoms with Crippen molar-refractivity contribution in [2.75, 3.05) is 5.75 Å². The fraction of sp³-hybridized carbons (Fsp3) is 0.222. The highest BCUT2D eigenvalue weighted by atomic mass is 79.9. The van der Waals surface area contributed by atoms with E-state index in [-0.39, 0.29) is 5.56 Å². The van der Waals surface area contributed by atoms with E-state index in [9.17, 15) is 17.6 Å². The monoisotopic (exact) mass is 309 g/mol. The van der Waals surface area contributed by atoms with E-state index >= 15 is 0 Å². The van der Waals surface area contributed by atoms with Crippen molar-refractivity contribution in [3.8, 4) is 0 Å². The first kappa shape index (κ1) is 13.1. The Morgan fingerprint density at radius 3 is 2.62 bits per heavy atom. The van der Waals surface area contributed by atoms with Gasteiger partial charge in [0.2, 0.25) is 5.91 Å². The zero-order valence-electron chi connectivity index (χ0n) is 8.11. The molecule has 1 aromatic rings. The molecule has 1 rings (SSSR count). The molecule has 0 saturated carbocycles. The van der Waals surface area contributed by atoms with Crippen LogP contribution < -0.4 is 5.73 Å². The Balaban J connectivity index is 2.96. The maximum absolute atomic E-state index is 12.9. The highest BCUT2D eigenvalue weighted by Crippen LogP contribution is 2.20. The molecule has 4 nitrogen and oxygen atoms in total. The Morgan fingerprint density at radius 1 is 1.44 bits per heavy atom. The van der Waals surface area contributed by atoms with Gasteiger partial charge in [-0.15, -0.1) is 0 Å². The first-order valence-electron chi connectivity index (χ1n) is 4.23. The fourth-order valence-electron chi connectivity index (χ4n) is 1.16. The van der Waals surface area contributed by atoms with Crippen LogP contribution in [-0.4, -0.2) is 20.1 Å². The molecule has 0 aliphatic carbocycles. The van der Waals surface area contributed by atoms with E-state index in [4.69, 9.17) is 5.73 Å². The minimum absolute atomic E-state index is 0.265. The summed E-state index contributed by atoms with van der Waals surface area (Å²) in [6.45, 7) is 0. The van der Waals surface area contributed by atoms with Crippen LogP contribution in [0, 0.1) is 5.82 Å². The summed E-state index contributed by atoms with van der Waals surface area (Å²) in [5.74, 6) is -2.62. The normalized spacial score (nSPS) is 11.4. The second kappa shape index (κ2) is 4.92.